The molecular weight excluding hydrogens is 252 g/mol. The molecule has 0 saturated carbocycles. The van der Waals surface area contributed by atoms with Gasteiger partial charge >= 0.3 is 0 Å². The van der Waals surface area contributed by atoms with Crippen molar-refractivity contribution in [2.45, 2.75) is 37.6 Å². The molecule has 0 N–H and O–H groups in total. The first kappa shape index (κ1) is 11.6. The number of rotatable bonds is 3. The number of tetrazole rings is 1. The molecule has 6 nitrogen and oxygen atoms in total. The van der Waals surface area contributed by atoms with Crippen LogP contribution < -0.4 is 4.90 Å². The zero-order valence-electron chi connectivity index (χ0n) is 10.2. The topological polar surface area (TPSA) is 59.2 Å². The van der Waals surface area contributed by atoms with E-state index in [1.54, 1.807) is 0 Å². The van der Waals surface area contributed by atoms with Gasteiger partial charge in [0.1, 0.15) is 0 Å². The molecular formula is C11H15ClN6. The highest BCUT2D eigenvalue weighted by atomic mass is 35.5. The van der Waals surface area contributed by atoms with Gasteiger partial charge in [0.25, 0.3) is 0 Å². The molecule has 0 aromatic carbocycles. The first-order valence-corrected chi connectivity index (χ1v) is 6.64. The molecule has 2 aromatic rings. The molecule has 2 aromatic heterocycles. The molecule has 3 heterocycles. The summed E-state index contributed by atoms with van der Waals surface area (Å²) in [6, 6.07) is 4.34. The molecule has 1 fully saturated rings. The van der Waals surface area contributed by atoms with Crippen LogP contribution in [0.25, 0.3) is 5.65 Å². The van der Waals surface area contributed by atoms with Crippen LogP contribution in [0.15, 0.2) is 12.1 Å². The minimum absolute atomic E-state index is 0.187. The zero-order valence-corrected chi connectivity index (χ0v) is 11.0. The smallest absolute Gasteiger partial charge is 0.200 e. The fourth-order valence-corrected chi connectivity index (χ4v) is 2.76. The zero-order chi connectivity index (χ0) is 12.5. The first-order chi connectivity index (χ1) is 8.74. The molecule has 96 valence electrons. The van der Waals surface area contributed by atoms with Crippen LogP contribution in [0.5, 0.6) is 0 Å². The van der Waals surface area contributed by atoms with Crippen molar-refractivity contribution in [1.29, 1.82) is 0 Å². The summed E-state index contributed by atoms with van der Waals surface area (Å²) < 4.78 is 1.47. The van der Waals surface area contributed by atoms with E-state index in [-0.39, 0.29) is 5.38 Å². The minimum Gasteiger partial charge on any atom is -0.352 e. The summed E-state index contributed by atoms with van der Waals surface area (Å²) in [7, 11) is 0. The molecule has 0 spiro atoms. The third-order valence-electron chi connectivity index (χ3n) is 3.32. The largest absolute Gasteiger partial charge is 0.352 e. The average molecular weight is 267 g/mol. The highest BCUT2D eigenvalue weighted by Crippen LogP contribution is 2.27. The van der Waals surface area contributed by atoms with Crippen molar-refractivity contribution in [3.63, 3.8) is 0 Å². The summed E-state index contributed by atoms with van der Waals surface area (Å²) in [5, 5.41) is 15.9. The Bertz CT molecular complexity index is 539. The summed E-state index contributed by atoms with van der Waals surface area (Å²) >= 11 is 6.10. The fourth-order valence-electron chi connectivity index (χ4n) is 2.55. The van der Waals surface area contributed by atoms with Gasteiger partial charge < -0.3 is 4.90 Å². The van der Waals surface area contributed by atoms with Crippen LogP contribution in [0.2, 0.25) is 0 Å². The predicted molar refractivity (Wildman–Crippen MR) is 68.9 cm³/mol. The summed E-state index contributed by atoms with van der Waals surface area (Å²) in [6.45, 7) is 3.06. The second-order valence-electron chi connectivity index (χ2n) is 4.72. The summed E-state index contributed by atoms with van der Waals surface area (Å²) in [5.74, 6) is 0.926. The third kappa shape index (κ3) is 2.12. The molecule has 0 aliphatic carbocycles. The molecule has 1 aliphatic heterocycles. The van der Waals surface area contributed by atoms with Crippen molar-refractivity contribution < 1.29 is 0 Å². The van der Waals surface area contributed by atoms with Gasteiger partial charge in [0.05, 0.1) is 0 Å². The van der Waals surface area contributed by atoms with Crippen molar-refractivity contribution in [3.8, 4) is 0 Å². The van der Waals surface area contributed by atoms with Gasteiger partial charge in [-0.1, -0.05) is 0 Å². The Morgan fingerprint density at radius 2 is 2.39 bits per heavy atom. The molecule has 18 heavy (non-hydrogen) atoms. The van der Waals surface area contributed by atoms with E-state index in [1.165, 1.54) is 17.5 Å². The van der Waals surface area contributed by atoms with Crippen LogP contribution in [-0.4, -0.2) is 43.2 Å². The Hall–Kier alpha value is -1.43. The van der Waals surface area contributed by atoms with Gasteiger partial charge in [-0.3, -0.25) is 0 Å². The fraction of sp³-hybridized carbons (Fsp3) is 0.636. The lowest BCUT2D eigenvalue weighted by molar-refractivity contribution is 0.594. The maximum atomic E-state index is 6.10. The number of hydrogen-bond donors (Lipinski definition) is 0. The number of nitrogens with zero attached hydrogens (tertiary/aromatic N) is 6. The van der Waals surface area contributed by atoms with E-state index in [4.69, 9.17) is 11.6 Å². The van der Waals surface area contributed by atoms with Crippen molar-refractivity contribution in [2.24, 2.45) is 0 Å². The summed E-state index contributed by atoms with van der Waals surface area (Å²) in [4.78, 5) is 2.31. The van der Waals surface area contributed by atoms with Gasteiger partial charge in [0.15, 0.2) is 11.5 Å². The van der Waals surface area contributed by atoms with Gasteiger partial charge in [-0.2, -0.15) is 0 Å². The lowest BCUT2D eigenvalue weighted by atomic mass is 10.1. The van der Waals surface area contributed by atoms with Crippen molar-refractivity contribution >= 4 is 23.1 Å². The Morgan fingerprint density at radius 3 is 3.22 bits per heavy atom. The van der Waals surface area contributed by atoms with E-state index in [1.807, 2.05) is 19.1 Å². The second kappa shape index (κ2) is 4.68. The molecule has 2 atom stereocenters. The van der Waals surface area contributed by atoms with E-state index in [2.05, 4.69) is 25.5 Å². The van der Waals surface area contributed by atoms with Gasteiger partial charge in [-0.25, -0.2) is 0 Å². The van der Waals surface area contributed by atoms with Crippen molar-refractivity contribution in [1.82, 2.24) is 25.3 Å². The summed E-state index contributed by atoms with van der Waals surface area (Å²) in [6.07, 6.45) is 3.34. The molecule has 1 saturated heterocycles. The molecule has 3 rings (SSSR count). The standard InChI is InChI=1S/C11H15ClN6/c1-8(12)7-9-3-2-6-17(9)11-5-4-10-13-15-16-18(10)14-11/h4-5,8-9H,2-3,6-7H2,1H3. The Balaban J connectivity index is 1.87. The maximum Gasteiger partial charge on any atom is 0.200 e. The van der Waals surface area contributed by atoms with Crippen LogP contribution in [0.3, 0.4) is 0 Å². The van der Waals surface area contributed by atoms with Crippen molar-refractivity contribution in [3.05, 3.63) is 12.1 Å². The highest BCUT2D eigenvalue weighted by Gasteiger charge is 2.27. The normalized spacial score (nSPS) is 21.7. The van der Waals surface area contributed by atoms with Crippen LogP contribution in [0.4, 0.5) is 5.82 Å². The lowest BCUT2D eigenvalue weighted by Crippen LogP contribution is -2.32. The van der Waals surface area contributed by atoms with E-state index in [0.29, 0.717) is 11.7 Å². The van der Waals surface area contributed by atoms with Gasteiger partial charge in [0, 0.05) is 18.0 Å². The van der Waals surface area contributed by atoms with E-state index in [9.17, 15) is 0 Å². The monoisotopic (exact) mass is 266 g/mol. The quantitative estimate of drug-likeness (QED) is 0.788. The number of hydrogen-bond acceptors (Lipinski definition) is 5. The van der Waals surface area contributed by atoms with Crippen LogP contribution in [-0.2, 0) is 0 Å². The van der Waals surface area contributed by atoms with E-state index in [0.717, 1.165) is 18.8 Å². The molecule has 7 heteroatoms. The Morgan fingerprint density at radius 1 is 1.50 bits per heavy atom. The Labute approximate surface area is 110 Å². The Kier molecular flexibility index (Phi) is 3.03. The van der Waals surface area contributed by atoms with Gasteiger partial charge in [0.2, 0.25) is 0 Å². The number of aromatic nitrogens is 5. The molecule has 0 radical (unpaired) electrons. The number of alkyl halides is 1. The summed E-state index contributed by atoms with van der Waals surface area (Å²) in [5.41, 5.74) is 0.667. The van der Waals surface area contributed by atoms with Gasteiger partial charge in [-0.15, -0.1) is 26.4 Å². The molecule has 0 amide bonds. The predicted octanol–water partition coefficient (Wildman–Crippen LogP) is 1.51. The highest BCUT2D eigenvalue weighted by molar-refractivity contribution is 6.20. The van der Waals surface area contributed by atoms with E-state index < -0.39 is 0 Å². The first-order valence-electron chi connectivity index (χ1n) is 6.20. The SMILES string of the molecule is CC(Cl)CC1CCCN1c1ccc2nnnn2n1. The second-order valence-corrected chi connectivity index (χ2v) is 5.47. The maximum absolute atomic E-state index is 6.10. The third-order valence-corrected chi connectivity index (χ3v) is 3.50. The van der Waals surface area contributed by atoms with Crippen LogP contribution in [0.1, 0.15) is 26.2 Å². The van der Waals surface area contributed by atoms with Gasteiger partial charge in [-0.05, 0) is 48.7 Å². The molecule has 0 bridgehead atoms. The lowest BCUT2D eigenvalue weighted by Gasteiger charge is -2.26. The van der Waals surface area contributed by atoms with Crippen molar-refractivity contribution in [2.75, 3.05) is 11.4 Å². The van der Waals surface area contributed by atoms with E-state index >= 15 is 0 Å². The number of fused-ring (bicyclic) bond motifs is 1. The number of halogens is 1. The van der Waals surface area contributed by atoms with Crippen LogP contribution in [0, 0.1) is 0 Å². The molecule has 2 unspecified atom stereocenters. The van der Waals surface area contributed by atoms with Crippen LogP contribution >= 0.6 is 11.6 Å². The average Bonchev–Trinajstić information content (AvgIpc) is 2.95. The minimum atomic E-state index is 0.187. The number of anilines is 1. The molecule has 1 aliphatic rings.